The SMILES string of the molecule is Cc1c(F)c(F)c(F)c(Bc2cc(F)cc(F)c2F)c1F. The maximum Gasteiger partial charge on any atom is 0.204 e. The van der Waals surface area contributed by atoms with E-state index in [1.165, 1.54) is 0 Å². The molecule has 0 aliphatic rings. The van der Waals surface area contributed by atoms with E-state index in [0.717, 1.165) is 6.92 Å². The lowest BCUT2D eigenvalue weighted by molar-refractivity contribution is 0.434. The number of hydrogen-bond donors (Lipinski definition) is 0. The fourth-order valence-electron chi connectivity index (χ4n) is 1.90. The molecule has 110 valence electrons. The Hall–Kier alpha value is -1.99. The van der Waals surface area contributed by atoms with Crippen molar-refractivity contribution < 1.29 is 30.7 Å². The Balaban J connectivity index is 2.60. The molecule has 0 unspecified atom stereocenters. The Morgan fingerprint density at radius 1 is 0.714 bits per heavy atom. The second-order valence-corrected chi connectivity index (χ2v) is 4.40. The summed E-state index contributed by atoms with van der Waals surface area (Å²) in [6, 6.07) is 0.774. The molecule has 21 heavy (non-hydrogen) atoms. The summed E-state index contributed by atoms with van der Waals surface area (Å²) in [6.45, 7) is 0.860. The van der Waals surface area contributed by atoms with Crippen molar-refractivity contribution in [3.8, 4) is 0 Å². The second-order valence-electron chi connectivity index (χ2n) is 4.40. The van der Waals surface area contributed by atoms with Crippen molar-refractivity contribution in [1.82, 2.24) is 0 Å². The van der Waals surface area contributed by atoms with Crippen LogP contribution in [-0.2, 0) is 0 Å². The maximum absolute atomic E-state index is 13.8. The molecule has 2 rings (SSSR count). The van der Waals surface area contributed by atoms with Crippen molar-refractivity contribution >= 4 is 18.2 Å². The zero-order chi connectivity index (χ0) is 15.9. The minimum atomic E-state index is -1.93. The molecule has 2 aromatic rings. The van der Waals surface area contributed by atoms with Gasteiger partial charge in [0.2, 0.25) is 7.28 Å². The van der Waals surface area contributed by atoms with Crippen LogP contribution in [0.5, 0.6) is 0 Å². The van der Waals surface area contributed by atoms with E-state index in [1.807, 2.05) is 0 Å². The monoisotopic (exact) mass is 306 g/mol. The predicted octanol–water partition coefficient (Wildman–Crippen LogP) is 2.36. The Morgan fingerprint density at radius 2 is 1.33 bits per heavy atom. The Kier molecular flexibility index (Phi) is 3.98. The molecule has 0 fully saturated rings. The molecule has 8 heteroatoms. The van der Waals surface area contributed by atoms with Crippen LogP contribution in [0.15, 0.2) is 12.1 Å². The van der Waals surface area contributed by atoms with Crippen LogP contribution < -0.4 is 10.9 Å². The third-order valence-corrected chi connectivity index (χ3v) is 3.01. The van der Waals surface area contributed by atoms with Crippen LogP contribution >= 0.6 is 0 Å². The van der Waals surface area contributed by atoms with Crippen molar-refractivity contribution in [2.75, 3.05) is 0 Å². The molecule has 0 aromatic heterocycles. The molecule has 0 radical (unpaired) electrons. The molecule has 0 spiro atoms. The van der Waals surface area contributed by atoms with Gasteiger partial charge in [0.25, 0.3) is 0 Å². The summed E-state index contributed by atoms with van der Waals surface area (Å²) in [4.78, 5) is 0. The van der Waals surface area contributed by atoms with Crippen LogP contribution in [0.1, 0.15) is 5.56 Å². The van der Waals surface area contributed by atoms with Crippen LogP contribution in [0.3, 0.4) is 0 Å². The minimum absolute atomic E-state index is 0.252. The molecule has 0 N–H and O–H groups in total. The molecule has 0 saturated heterocycles. The number of halogens is 7. The quantitative estimate of drug-likeness (QED) is 0.346. The van der Waals surface area contributed by atoms with Crippen LogP contribution in [0, 0.1) is 47.6 Å². The zero-order valence-corrected chi connectivity index (χ0v) is 10.5. The largest absolute Gasteiger partial charge is 0.207 e. The fourth-order valence-corrected chi connectivity index (χ4v) is 1.90. The van der Waals surface area contributed by atoms with Gasteiger partial charge in [-0.2, -0.15) is 0 Å². The van der Waals surface area contributed by atoms with Gasteiger partial charge in [-0.25, -0.2) is 30.7 Å². The lowest BCUT2D eigenvalue weighted by atomic mass is 9.62. The third kappa shape index (κ3) is 2.62. The highest BCUT2D eigenvalue weighted by Gasteiger charge is 2.25. The molecule has 0 aliphatic heterocycles. The van der Waals surface area contributed by atoms with Crippen molar-refractivity contribution in [1.29, 1.82) is 0 Å². The van der Waals surface area contributed by atoms with Gasteiger partial charge >= 0.3 is 0 Å². The van der Waals surface area contributed by atoms with Crippen LogP contribution in [0.4, 0.5) is 30.7 Å². The van der Waals surface area contributed by atoms with E-state index in [-0.39, 0.29) is 6.07 Å². The average molecular weight is 306 g/mol. The van der Waals surface area contributed by atoms with Gasteiger partial charge < -0.3 is 0 Å². The van der Waals surface area contributed by atoms with E-state index in [9.17, 15) is 30.7 Å². The maximum atomic E-state index is 13.8. The first-order valence-electron chi connectivity index (χ1n) is 5.68. The van der Waals surface area contributed by atoms with Gasteiger partial charge in [0.05, 0.1) is 0 Å². The van der Waals surface area contributed by atoms with Crippen LogP contribution in [0.25, 0.3) is 0 Å². The topological polar surface area (TPSA) is 0 Å². The summed E-state index contributed by atoms with van der Waals surface area (Å²) in [5, 5.41) is 0. The first kappa shape index (κ1) is 15.4. The average Bonchev–Trinajstić information content (AvgIpc) is 2.44. The summed E-state index contributed by atoms with van der Waals surface area (Å²) in [5.74, 6) is -11.2. The van der Waals surface area contributed by atoms with Gasteiger partial charge in [0, 0.05) is 11.6 Å². The van der Waals surface area contributed by atoms with Gasteiger partial charge in [-0.1, -0.05) is 0 Å². The fraction of sp³-hybridized carbons (Fsp3) is 0.0769. The summed E-state index contributed by atoms with van der Waals surface area (Å²) >= 11 is 0. The lowest BCUT2D eigenvalue weighted by Gasteiger charge is -2.10. The van der Waals surface area contributed by atoms with E-state index in [2.05, 4.69) is 0 Å². The molecule has 0 aliphatic carbocycles. The number of hydrogen-bond acceptors (Lipinski definition) is 0. The van der Waals surface area contributed by atoms with Crippen molar-refractivity contribution in [3.05, 3.63) is 58.4 Å². The predicted molar refractivity (Wildman–Crippen MR) is 63.7 cm³/mol. The highest BCUT2D eigenvalue weighted by atomic mass is 19.2. The van der Waals surface area contributed by atoms with E-state index in [0.29, 0.717) is 6.07 Å². The normalized spacial score (nSPS) is 10.9. The molecule has 0 atom stereocenters. The zero-order valence-electron chi connectivity index (χ0n) is 10.5. The Bertz CT molecular complexity index is 698. The Morgan fingerprint density at radius 3 is 1.95 bits per heavy atom. The van der Waals surface area contributed by atoms with Crippen LogP contribution in [0.2, 0.25) is 0 Å². The summed E-state index contributed by atoms with van der Waals surface area (Å²) in [5.41, 5.74) is -2.52. The summed E-state index contributed by atoms with van der Waals surface area (Å²) in [7, 11) is -0.962. The second kappa shape index (κ2) is 5.42. The van der Waals surface area contributed by atoms with Crippen LogP contribution in [-0.4, -0.2) is 7.28 Å². The van der Waals surface area contributed by atoms with Crippen molar-refractivity contribution in [2.24, 2.45) is 0 Å². The molecule has 0 saturated carbocycles. The molecule has 2 aromatic carbocycles. The van der Waals surface area contributed by atoms with Gasteiger partial charge in [-0.15, -0.1) is 0 Å². The van der Waals surface area contributed by atoms with E-state index < -0.39 is 64.5 Å². The van der Waals surface area contributed by atoms with Gasteiger partial charge in [-0.3, -0.25) is 0 Å². The van der Waals surface area contributed by atoms with E-state index in [4.69, 9.17) is 0 Å². The van der Waals surface area contributed by atoms with Gasteiger partial charge in [0.1, 0.15) is 11.6 Å². The first-order valence-corrected chi connectivity index (χ1v) is 5.68. The van der Waals surface area contributed by atoms with E-state index in [1.54, 1.807) is 0 Å². The molecule has 0 heterocycles. The molecule has 0 nitrogen and oxygen atoms in total. The molecule has 0 bridgehead atoms. The lowest BCUT2D eigenvalue weighted by Crippen LogP contribution is -2.37. The van der Waals surface area contributed by atoms with Gasteiger partial charge in [0.15, 0.2) is 29.1 Å². The molecular weight excluding hydrogens is 300 g/mol. The Labute approximate surface area is 115 Å². The first-order chi connectivity index (χ1) is 9.73. The van der Waals surface area contributed by atoms with Crippen molar-refractivity contribution in [2.45, 2.75) is 6.92 Å². The minimum Gasteiger partial charge on any atom is -0.207 e. The standard InChI is InChI=1S/C13H6BF7/c1-4-9(17)8(12(20)13(21)10(4)18)14-6-2-5(15)3-7(16)11(6)19/h2-3,14H,1H3. The highest BCUT2D eigenvalue weighted by Crippen LogP contribution is 2.16. The van der Waals surface area contributed by atoms with Gasteiger partial charge in [-0.05, 0) is 23.9 Å². The molecule has 0 amide bonds. The number of rotatable bonds is 2. The highest BCUT2D eigenvalue weighted by molar-refractivity contribution is 6.67. The smallest absolute Gasteiger partial charge is 0.204 e. The third-order valence-electron chi connectivity index (χ3n) is 3.01. The summed E-state index contributed by atoms with van der Waals surface area (Å²) in [6.07, 6.45) is 0. The summed E-state index contributed by atoms with van der Waals surface area (Å²) < 4.78 is 93.2. The number of benzene rings is 2. The van der Waals surface area contributed by atoms with E-state index >= 15 is 0 Å². The molecular formula is C13H6BF7. The van der Waals surface area contributed by atoms with Crippen molar-refractivity contribution in [3.63, 3.8) is 0 Å².